The second-order valence-electron chi connectivity index (χ2n) is 13.6. The quantitative estimate of drug-likeness (QED) is 0.173. The second-order valence-corrected chi connectivity index (χ2v) is 13.6. The van der Waals surface area contributed by atoms with Crippen molar-refractivity contribution in [2.24, 2.45) is 11.3 Å². The summed E-state index contributed by atoms with van der Waals surface area (Å²) in [4.78, 5) is 12.9. The third-order valence-electron chi connectivity index (χ3n) is 11.1. The van der Waals surface area contributed by atoms with Crippen LogP contribution < -0.4 is 5.32 Å². The molecule has 0 heterocycles. The maximum absolute atomic E-state index is 12.9. The minimum absolute atomic E-state index is 0.00383. The van der Waals surface area contributed by atoms with E-state index in [1.54, 1.807) is 18.2 Å². The zero-order valence-corrected chi connectivity index (χ0v) is 24.9. The molecule has 0 spiro atoms. The number of hydrogen-bond acceptors (Lipinski definition) is 2. The van der Waals surface area contributed by atoms with Gasteiger partial charge in [0, 0.05) is 5.54 Å². The fourth-order valence-corrected chi connectivity index (χ4v) is 8.79. The third-order valence-corrected chi connectivity index (χ3v) is 11.1. The van der Waals surface area contributed by atoms with Gasteiger partial charge < -0.3 is 10.1 Å². The van der Waals surface area contributed by atoms with Gasteiger partial charge in [-0.3, -0.25) is 4.79 Å². The second kappa shape index (κ2) is 15.3. The zero-order chi connectivity index (χ0) is 27.4. The molecule has 1 amide bonds. The van der Waals surface area contributed by atoms with Gasteiger partial charge in [0.05, 0.1) is 0 Å². The highest BCUT2D eigenvalue weighted by atomic mass is 16.5. The van der Waals surface area contributed by atoms with Crippen LogP contribution in [0, 0.1) is 11.3 Å². The summed E-state index contributed by atoms with van der Waals surface area (Å²) >= 11 is 0. The van der Waals surface area contributed by atoms with Crippen molar-refractivity contribution in [2.75, 3.05) is 6.61 Å². The van der Waals surface area contributed by atoms with Gasteiger partial charge in [0.15, 0.2) is 6.61 Å². The SMILES string of the molecule is C=C/C=C\C(=C/C=C)OCC(=O)NC12CCC(C3CCCCC(BC4CCCCCCC4)CCC3)(CC1)CC2. The van der Waals surface area contributed by atoms with Crippen LogP contribution in [0.15, 0.2) is 49.3 Å². The smallest absolute Gasteiger partial charge is 0.258 e. The molecule has 2 bridgehead atoms. The molecule has 5 fully saturated rings. The van der Waals surface area contributed by atoms with Crippen molar-refractivity contribution in [3.05, 3.63) is 49.3 Å². The first-order chi connectivity index (χ1) is 19.1. The lowest BCUT2D eigenvalue weighted by molar-refractivity contribution is -0.129. The van der Waals surface area contributed by atoms with Crippen molar-refractivity contribution in [1.29, 1.82) is 0 Å². The maximum Gasteiger partial charge on any atom is 0.258 e. The number of carbonyl (C=O) groups is 1. The van der Waals surface area contributed by atoms with Crippen LogP contribution in [0.2, 0.25) is 11.6 Å². The molecular weight excluding hydrogens is 477 g/mol. The first-order valence-electron chi connectivity index (χ1n) is 16.6. The molecule has 0 aromatic heterocycles. The average molecular weight is 534 g/mol. The van der Waals surface area contributed by atoms with Gasteiger partial charge in [-0.05, 0) is 74.9 Å². The number of ether oxygens (including phenoxy) is 1. The van der Waals surface area contributed by atoms with Crippen LogP contribution in [-0.2, 0) is 9.53 Å². The Morgan fingerprint density at radius 3 is 1.97 bits per heavy atom. The molecule has 5 aliphatic carbocycles. The maximum atomic E-state index is 12.9. The predicted octanol–water partition coefficient (Wildman–Crippen LogP) is 9.14. The molecule has 2 unspecified atom stereocenters. The monoisotopic (exact) mass is 533 g/mol. The van der Waals surface area contributed by atoms with Gasteiger partial charge in [0.25, 0.3) is 5.91 Å². The minimum atomic E-state index is -0.0113. The van der Waals surface area contributed by atoms with E-state index in [9.17, 15) is 4.79 Å². The van der Waals surface area contributed by atoms with E-state index in [0.29, 0.717) is 11.2 Å². The highest BCUT2D eigenvalue weighted by molar-refractivity contribution is 6.39. The van der Waals surface area contributed by atoms with Crippen LogP contribution in [0.4, 0.5) is 0 Å². The number of carbonyl (C=O) groups excluding carboxylic acids is 1. The van der Waals surface area contributed by atoms with Crippen LogP contribution in [0.1, 0.15) is 128 Å². The van der Waals surface area contributed by atoms with Crippen molar-refractivity contribution in [1.82, 2.24) is 5.32 Å². The molecule has 0 radical (unpaired) electrons. The van der Waals surface area contributed by atoms with E-state index in [2.05, 4.69) is 18.5 Å². The summed E-state index contributed by atoms with van der Waals surface area (Å²) in [6.45, 7) is 7.49. The summed E-state index contributed by atoms with van der Waals surface area (Å²) in [6.07, 6.45) is 36.7. The lowest BCUT2D eigenvalue weighted by Gasteiger charge is -2.57. The molecule has 0 saturated heterocycles. The van der Waals surface area contributed by atoms with Crippen molar-refractivity contribution >= 4 is 13.2 Å². The summed E-state index contributed by atoms with van der Waals surface area (Å²) in [6, 6.07) is 0. The first kappa shape index (κ1) is 30.3. The number of nitrogens with one attached hydrogen (secondary N) is 1. The Labute approximate surface area is 240 Å². The topological polar surface area (TPSA) is 38.3 Å². The van der Waals surface area contributed by atoms with E-state index in [0.717, 1.165) is 36.8 Å². The Bertz CT molecular complexity index is 828. The van der Waals surface area contributed by atoms with E-state index in [4.69, 9.17) is 4.74 Å². The van der Waals surface area contributed by atoms with Gasteiger partial charge in [-0.1, -0.05) is 120 Å². The molecular formula is C35H56BNO2. The molecule has 5 aliphatic rings. The Morgan fingerprint density at radius 2 is 1.33 bits per heavy atom. The molecule has 2 atom stereocenters. The fraction of sp³-hybridized carbons (Fsp3) is 0.743. The number of rotatable bonds is 10. The predicted molar refractivity (Wildman–Crippen MR) is 167 cm³/mol. The highest BCUT2D eigenvalue weighted by Gasteiger charge is 2.52. The summed E-state index contributed by atoms with van der Waals surface area (Å²) in [7, 11) is 1.52. The van der Waals surface area contributed by atoms with Gasteiger partial charge in [-0.25, -0.2) is 0 Å². The van der Waals surface area contributed by atoms with Crippen LogP contribution in [0.3, 0.4) is 0 Å². The number of allylic oxidation sites excluding steroid dienone is 5. The van der Waals surface area contributed by atoms with E-state index in [1.165, 1.54) is 116 Å². The Balaban J connectivity index is 1.24. The van der Waals surface area contributed by atoms with Crippen molar-refractivity contribution in [2.45, 2.75) is 146 Å². The molecule has 5 rings (SSSR count). The van der Waals surface area contributed by atoms with E-state index < -0.39 is 0 Å². The molecule has 3 nitrogen and oxygen atoms in total. The third kappa shape index (κ3) is 8.89. The molecule has 0 aliphatic heterocycles. The molecule has 4 heteroatoms. The molecule has 0 aromatic rings. The molecule has 216 valence electrons. The molecule has 1 N–H and O–H groups in total. The molecule has 39 heavy (non-hydrogen) atoms. The number of fused-ring (bicyclic) bond motifs is 3. The standard InChI is InChI=1S/C35H56BNO2/c1-3-5-21-32(14-4-2)39-28-33(38)37-35-25-22-34(23-26-35,24-27-35)29-15-11-12-19-31(20-13-16-29)36-30-17-9-7-6-8-10-18-30/h3-5,14,21,29-31,36H,1-2,6-13,15-20,22-28H2,(H,37,38)/b21-5-,32-14+. The molecule has 5 saturated carbocycles. The Morgan fingerprint density at radius 1 is 0.769 bits per heavy atom. The average Bonchev–Trinajstić information content (AvgIpc) is 3.05. The van der Waals surface area contributed by atoms with Crippen LogP contribution >= 0.6 is 0 Å². The first-order valence-corrected chi connectivity index (χ1v) is 16.6. The van der Waals surface area contributed by atoms with Gasteiger partial charge in [-0.15, -0.1) is 0 Å². The van der Waals surface area contributed by atoms with E-state index in [1.807, 2.05) is 12.2 Å². The lowest BCUT2D eigenvalue weighted by Crippen LogP contribution is -2.58. The zero-order valence-electron chi connectivity index (χ0n) is 24.9. The van der Waals surface area contributed by atoms with Crippen LogP contribution in [-0.4, -0.2) is 25.3 Å². The minimum Gasteiger partial charge on any atom is -0.484 e. The summed E-state index contributed by atoms with van der Waals surface area (Å²) in [5.74, 6) is 3.55. The summed E-state index contributed by atoms with van der Waals surface area (Å²) < 4.78 is 5.75. The van der Waals surface area contributed by atoms with Gasteiger partial charge in [0.2, 0.25) is 0 Å². The highest BCUT2D eigenvalue weighted by Crippen LogP contribution is 2.58. The van der Waals surface area contributed by atoms with Crippen molar-refractivity contribution in [3.8, 4) is 0 Å². The fourth-order valence-electron chi connectivity index (χ4n) is 8.79. The van der Waals surface area contributed by atoms with Gasteiger partial charge >= 0.3 is 0 Å². The van der Waals surface area contributed by atoms with Crippen molar-refractivity contribution < 1.29 is 9.53 Å². The molecule has 0 aromatic carbocycles. The van der Waals surface area contributed by atoms with Gasteiger partial charge in [0.1, 0.15) is 13.0 Å². The Hall–Kier alpha value is -1.71. The largest absolute Gasteiger partial charge is 0.484 e. The van der Waals surface area contributed by atoms with Crippen LogP contribution in [0.5, 0.6) is 0 Å². The normalized spacial score (nSPS) is 33.2. The van der Waals surface area contributed by atoms with E-state index in [-0.39, 0.29) is 18.1 Å². The lowest BCUT2D eigenvalue weighted by atomic mass is 9.50. The van der Waals surface area contributed by atoms with E-state index >= 15 is 0 Å². The number of hydrogen-bond donors (Lipinski definition) is 1. The van der Waals surface area contributed by atoms with Gasteiger partial charge in [-0.2, -0.15) is 0 Å². The Kier molecular flexibility index (Phi) is 11.9. The van der Waals surface area contributed by atoms with Crippen molar-refractivity contribution in [3.63, 3.8) is 0 Å². The number of amides is 1. The summed E-state index contributed by atoms with van der Waals surface area (Å²) in [5, 5.41) is 3.42. The van der Waals surface area contributed by atoms with Crippen LogP contribution in [0.25, 0.3) is 0 Å². The summed E-state index contributed by atoms with van der Waals surface area (Å²) in [5.41, 5.74) is 0.528.